The van der Waals surface area contributed by atoms with Gasteiger partial charge in [0.15, 0.2) is 0 Å². The van der Waals surface area contributed by atoms with Gasteiger partial charge in [0, 0.05) is 25.2 Å². The smallest absolute Gasteiger partial charge is 0.409 e. The summed E-state index contributed by atoms with van der Waals surface area (Å²) >= 11 is 0. The largest absolute Gasteiger partial charge is 0.450 e. The maximum absolute atomic E-state index is 12.6. The van der Waals surface area contributed by atoms with Crippen LogP contribution >= 0.6 is 0 Å². The fourth-order valence-corrected chi connectivity index (χ4v) is 4.00. The summed E-state index contributed by atoms with van der Waals surface area (Å²) in [4.78, 5) is 28.3. The molecule has 1 saturated heterocycles. The van der Waals surface area contributed by atoms with Crippen LogP contribution in [0.25, 0.3) is 0 Å². The fourth-order valence-electron chi connectivity index (χ4n) is 4.00. The van der Waals surface area contributed by atoms with Crippen molar-refractivity contribution < 1.29 is 14.3 Å². The highest BCUT2D eigenvalue weighted by Gasteiger charge is 2.41. The molecule has 2 aliphatic rings. The molecule has 23 heavy (non-hydrogen) atoms. The third-order valence-corrected chi connectivity index (χ3v) is 5.13. The Kier molecular flexibility index (Phi) is 6.08. The molecule has 0 N–H and O–H groups in total. The van der Waals surface area contributed by atoms with E-state index in [4.69, 9.17) is 4.74 Å². The van der Waals surface area contributed by atoms with E-state index >= 15 is 0 Å². The summed E-state index contributed by atoms with van der Waals surface area (Å²) in [5.41, 5.74) is 2.28. The number of rotatable bonds is 5. The van der Waals surface area contributed by atoms with E-state index < -0.39 is 0 Å². The van der Waals surface area contributed by atoms with Gasteiger partial charge in [-0.05, 0) is 51.5 Å². The van der Waals surface area contributed by atoms with Crippen molar-refractivity contribution in [3.05, 3.63) is 11.1 Å². The van der Waals surface area contributed by atoms with E-state index in [-0.39, 0.29) is 18.0 Å². The minimum absolute atomic E-state index is 0.209. The predicted molar refractivity (Wildman–Crippen MR) is 90.1 cm³/mol. The first-order valence-electron chi connectivity index (χ1n) is 8.97. The number of piperidine rings is 1. The van der Waals surface area contributed by atoms with Crippen molar-refractivity contribution >= 4 is 12.0 Å². The van der Waals surface area contributed by atoms with E-state index in [1.165, 1.54) is 5.57 Å². The molecule has 2 rings (SSSR count). The highest BCUT2D eigenvalue weighted by molar-refractivity contribution is 5.97. The average Bonchev–Trinajstić information content (AvgIpc) is 2.79. The Hall–Kier alpha value is -1.52. The van der Waals surface area contributed by atoms with Crippen LogP contribution in [0.5, 0.6) is 0 Å². The summed E-state index contributed by atoms with van der Waals surface area (Å²) in [6.45, 7) is 10.8. The SMILES string of the molecule is CCCC1=C(C)C(C2CCN(C(=O)OCC)CC2)N(CC)C1=O. The van der Waals surface area contributed by atoms with Gasteiger partial charge in [-0.15, -0.1) is 0 Å². The zero-order valence-corrected chi connectivity index (χ0v) is 14.9. The number of hydrogen-bond donors (Lipinski definition) is 0. The Morgan fingerprint density at radius 2 is 1.87 bits per heavy atom. The zero-order valence-electron chi connectivity index (χ0n) is 14.9. The summed E-state index contributed by atoms with van der Waals surface area (Å²) in [5.74, 6) is 0.670. The monoisotopic (exact) mass is 322 g/mol. The van der Waals surface area contributed by atoms with E-state index in [2.05, 4.69) is 20.8 Å². The maximum Gasteiger partial charge on any atom is 0.409 e. The quantitative estimate of drug-likeness (QED) is 0.781. The molecule has 0 aliphatic carbocycles. The molecule has 0 radical (unpaired) electrons. The van der Waals surface area contributed by atoms with Crippen molar-refractivity contribution in [3.63, 3.8) is 0 Å². The van der Waals surface area contributed by atoms with Crippen LogP contribution in [0.2, 0.25) is 0 Å². The molecule has 1 unspecified atom stereocenters. The van der Waals surface area contributed by atoms with Crippen LogP contribution < -0.4 is 0 Å². The fraction of sp³-hybridized carbons (Fsp3) is 0.778. The van der Waals surface area contributed by atoms with Gasteiger partial charge in [-0.2, -0.15) is 0 Å². The Balaban J connectivity index is 2.06. The first-order chi connectivity index (χ1) is 11.0. The van der Waals surface area contributed by atoms with Crippen LogP contribution in [0, 0.1) is 5.92 Å². The lowest BCUT2D eigenvalue weighted by molar-refractivity contribution is -0.128. The van der Waals surface area contributed by atoms with Crippen molar-refractivity contribution in [1.29, 1.82) is 0 Å². The molecule has 0 saturated carbocycles. The molecule has 2 heterocycles. The van der Waals surface area contributed by atoms with Crippen LogP contribution in [0.1, 0.15) is 53.4 Å². The second-order valence-electron chi connectivity index (χ2n) is 6.47. The summed E-state index contributed by atoms with van der Waals surface area (Å²) < 4.78 is 5.08. The zero-order chi connectivity index (χ0) is 17.0. The average molecular weight is 322 g/mol. The number of hydrogen-bond acceptors (Lipinski definition) is 3. The van der Waals surface area contributed by atoms with Gasteiger partial charge in [-0.25, -0.2) is 4.79 Å². The highest BCUT2D eigenvalue weighted by Crippen LogP contribution is 2.36. The summed E-state index contributed by atoms with van der Waals surface area (Å²) in [6.07, 6.45) is 3.54. The number of nitrogens with zero attached hydrogens (tertiary/aromatic N) is 2. The molecule has 2 aliphatic heterocycles. The molecular formula is C18H30N2O3. The molecule has 130 valence electrons. The second kappa shape index (κ2) is 7.84. The molecule has 2 amide bonds. The summed E-state index contributed by atoms with van der Waals surface area (Å²) in [5, 5.41) is 0. The number of ether oxygens (including phenoxy) is 1. The lowest BCUT2D eigenvalue weighted by Gasteiger charge is -2.38. The summed E-state index contributed by atoms with van der Waals surface area (Å²) in [7, 11) is 0. The van der Waals surface area contributed by atoms with Gasteiger partial charge < -0.3 is 14.5 Å². The molecular weight excluding hydrogens is 292 g/mol. The Morgan fingerprint density at radius 3 is 2.39 bits per heavy atom. The van der Waals surface area contributed by atoms with Gasteiger partial charge in [0.25, 0.3) is 0 Å². The highest BCUT2D eigenvalue weighted by atomic mass is 16.6. The third-order valence-electron chi connectivity index (χ3n) is 5.13. The van der Waals surface area contributed by atoms with Crippen molar-refractivity contribution in [2.45, 2.75) is 59.4 Å². The van der Waals surface area contributed by atoms with E-state index in [1.54, 1.807) is 4.90 Å². The van der Waals surface area contributed by atoms with Gasteiger partial charge in [0.2, 0.25) is 5.91 Å². The Bertz CT molecular complexity index is 479. The third kappa shape index (κ3) is 3.54. The minimum atomic E-state index is -0.209. The van der Waals surface area contributed by atoms with Gasteiger partial charge in [-0.1, -0.05) is 13.3 Å². The van der Waals surface area contributed by atoms with Crippen LogP contribution in [0.15, 0.2) is 11.1 Å². The van der Waals surface area contributed by atoms with Crippen molar-refractivity contribution in [2.24, 2.45) is 5.92 Å². The van der Waals surface area contributed by atoms with Gasteiger partial charge in [0.1, 0.15) is 0 Å². The van der Waals surface area contributed by atoms with E-state index in [0.29, 0.717) is 12.5 Å². The first-order valence-corrected chi connectivity index (χ1v) is 8.97. The molecule has 5 heteroatoms. The molecule has 0 bridgehead atoms. The number of likely N-dealkylation sites (N-methyl/N-ethyl adjacent to an activating group) is 1. The van der Waals surface area contributed by atoms with Gasteiger partial charge in [0.05, 0.1) is 12.6 Å². The lowest BCUT2D eigenvalue weighted by Crippen LogP contribution is -2.46. The van der Waals surface area contributed by atoms with Crippen LogP contribution in [-0.2, 0) is 9.53 Å². The number of carbonyl (C=O) groups excluding carboxylic acids is 2. The molecule has 1 atom stereocenters. The van der Waals surface area contributed by atoms with Crippen molar-refractivity contribution in [3.8, 4) is 0 Å². The molecule has 0 aromatic carbocycles. The second-order valence-corrected chi connectivity index (χ2v) is 6.47. The van der Waals surface area contributed by atoms with Gasteiger partial charge >= 0.3 is 6.09 Å². The molecule has 0 aromatic rings. The first kappa shape index (κ1) is 17.8. The molecule has 0 spiro atoms. The normalized spacial score (nSPS) is 23.0. The van der Waals surface area contributed by atoms with Gasteiger partial charge in [-0.3, -0.25) is 4.79 Å². The number of amides is 2. The lowest BCUT2D eigenvalue weighted by atomic mass is 9.85. The minimum Gasteiger partial charge on any atom is -0.450 e. The number of likely N-dealkylation sites (tertiary alicyclic amines) is 1. The standard InChI is InChI=1S/C18H30N2O3/c1-5-8-15-13(4)16(20(6-2)17(15)21)14-9-11-19(12-10-14)18(22)23-7-3/h14,16H,5-12H2,1-4H3. The Morgan fingerprint density at radius 1 is 1.22 bits per heavy atom. The maximum atomic E-state index is 12.6. The van der Waals surface area contributed by atoms with E-state index in [9.17, 15) is 9.59 Å². The summed E-state index contributed by atoms with van der Waals surface area (Å²) in [6, 6.07) is 0.221. The van der Waals surface area contributed by atoms with E-state index in [0.717, 1.165) is 50.9 Å². The molecule has 0 aromatic heterocycles. The van der Waals surface area contributed by atoms with Crippen LogP contribution in [0.3, 0.4) is 0 Å². The van der Waals surface area contributed by atoms with Crippen LogP contribution in [-0.4, -0.2) is 54.1 Å². The van der Waals surface area contributed by atoms with E-state index in [1.807, 2.05) is 11.8 Å². The van der Waals surface area contributed by atoms with Crippen molar-refractivity contribution in [1.82, 2.24) is 9.80 Å². The molecule has 1 fully saturated rings. The topological polar surface area (TPSA) is 49.9 Å². The number of carbonyl (C=O) groups is 2. The predicted octanol–water partition coefficient (Wildman–Crippen LogP) is 3.20. The Labute approximate surface area is 139 Å². The van der Waals surface area contributed by atoms with Crippen molar-refractivity contribution in [2.75, 3.05) is 26.2 Å². The molecule has 5 nitrogen and oxygen atoms in total. The van der Waals surface area contributed by atoms with Crippen LogP contribution in [0.4, 0.5) is 4.79 Å².